The van der Waals surface area contributed by atoms with E-state index in [-0.39, 0.29) is 23.4 Å². The van der Waals surface area contributed by atoms with Gasteiger partial charge >= 0.3 is 0 Å². The zero-order chi connectivity index (χ0) is 33.3. The van der Waals surface area contributed by atoms with Crippen molar-refractivity contribution < 1.29 is 59.4 Å². The lowest BCUT2D eigenvalue weighted by Crippen LogP contribution is -2.62. The highest BCUT2D eigenvalue weighted by Gasteiger charge is 2.67. The summed E-state index contributed by atoms with van der Waals surface area (Å²) in [7, 11) is 1.46. The van der Waals surface area contributed by atoms with Crippen LogP contribution in [0, 0.1) is 28.6 Å². The molecule has 46 heavy (non-hydrogen) atoms. The highest BCUT2D eigenvalue weighted by atomic mass is 16.7. The van der Waals surface area contributed by atoms with Crippen LogP contribution in [0.15, 0.2) is 11.6 Å². The molecule has 1 unspecified atom stereocenters. The molecule has 6 aliphatic rings. The molecule has 2 aliphatic heterocycles. The van der Waals surface area contributed by atoms with Crippen LogP contribution in [0.4, 0.5) is 0 Å². The quantitative estimate of drug-likeness (QED) is 0.191. The average molecular weight is 657 g/mol. The van der Waals surface area contributed by atoms with Crippen molar-refractivity contribution in [1.29, 1.82) is 0 Å². The lowest BCUT2D eigenvalue weighted by atomic mass is 9.45. The van der Waals surface area contributed by atoms with Gasteiger partial charge in [-0.3, -0.25) is 0 Å². The summed E-state index contributed by atoms with van der Waals surface area (Å²) in [4.78, 5) is 0. The second-order valence-electron chi connectivity index (χ2n) is 15.6. The Morgan fingerprint density at radius 2 is 1.63 bits per heavy atom. The third-order valence-corrected chi connectivity index (χ3v) is 13.5. The van der Waals surface area contributed by atoms with Crippen LogP contribution in [0.1, 0.15) is 79.1 Å². The van der Waals surface area contributed by atoms with Gasteiger partial charge in [-0.15, -0.1) is 0 Å². The van der Waals surface area contributed by atoms with Crippen LogP contribution in [-0.4, -0.2) is 129 Å². The summed E-state index contributed by atoms with van der Waals surface area (Å²) in [6, 6.07) is 0. The van der Waals surface area contributed by atoms with Crippen molar-refractivity contribution in [2.75, 3.05) is 13.7 Å². The number of methoxy groups -OCH3 is 1. The fraction of sp³-hybridized carbons (Fsp3) is 0.941. The zero-order valence-electron chi connectivity index (χ0n) is 27.8. The first-order chi connectivity index (χ1) is 21.7. The summed E-state index contributed by atoms with van der Waals surface area (Å²) in [6.07, 6.45) is -2.76. The third kappa shape index (κ3) is 5.43. The molecular formula is C34H56O12. The van der Waals surface area contributed by atoms with Crippen molar-refractivity contribution in [3.63, 3.8) is 0 Å². The monoisotopic (exact) mass is 656 g/mol. The van der Waals surface area contributed by atoms with Gasteiger partial charge in [0.15, 0.2) is 12.6 Å². The van der Waals surface area contributed by atoms with Gasteiger partial charge in [-0.2, -0.15) is 0 Å². The van der Waals surface area contributed by atoms with Crippen LogP contribution >= 0.6 is 0 Å². The minimum absolute atomic E-state index is 0.0214. The fourth-order valence-electron chi connectivity index (χ4n) is 10.6. The summed E-state index contributed by atoms with van der Waals surface area (Å²) in [5, 5.41) is 74.4. The van der Waals surface area contributed by atoms with Crippen molar-refractivity contribution in [2.24, 2.45) is 28.6 Å². The highest BCUT2D eigenvalue weighted by Crippen LogP contribution is 2.68. The van der Waals surface area contributed by atoms with Gasteiger partial charge in [0.25, 0.3) is 0 Å². The van der Waals surface area contributed by atoms with Gasteiger partial charge in [0.05, 0.1) is 30.5 Å². The third-order valence-electron chi connectivity index (χ3n) is 13.5. The molecule has 0 aromatic rings. The Labute approximate surface area is 271 Å². The fourth-order valence-corrected chi connectivity index (χ4v) is 10.6. The normalized spacial score (nSPS) is 54.7. The number of hydrogen-bond acceptors (Lipinski definition) is 12. The van der Waals surface area contributed by atoms with Crippen LogP contribution in [-0.2, 0) is 23.7 Å². The molecule has 4 aliphatic carbocycles. The molecule has 0 bridgehead atoms. The Morgan fingerprint density at radius 3 is 2.33 bits per heavy atom. The molecule has 2 heterocycles. The van der Waals surface area contributed by atoms with E-state index < -0.39 is 85.1 Å². The maximum atomic E-state index is 12.6. The Balaban J connectivity index is 1.14. The molecule has 3 saturated carbocycles. The predicted molar refractivity (Wildman–Crippen MR) is 163 cm³/mol. The first kappa shape index (κ1) is 35.1. The number of rotatable bonds is 7. The van der Waals surface area contributed by atoms with Crippen LogP contribution < -0.4 is 0 Å². The molecule has 6 rings (SSSR count). The highest BCUT2D eigenvalue weighted by molar-refractivity contribution is 5.28. The van der Waals surface area contributed by atoms with Gasteiger partial charge in [-0.05, 0) is 88.4 Å². The van der Waals surface area contributed by atoms with E-state index in [2.05, 4.69) is 19.9 Å². The molecular weight excluding hydrogens is 600 g/mol. The van der Waals surface area contributed by atoms with Crippen molar-refractivity contribution >= 4 is 0 Å². The molecule has 7 N–H and O–H groups in total. The smallest absolute Gasteiger partial charge is 0.186 e. The molecule has 12 heteroatoms. The molecule has 0 radical (unpaired) electrons. The van der Waals surface area contributed by atoms with Gasteiger partial charge in [0.2, 0.25) is 0 Å². The van der Waals surface area contributed by atoms with E-state index in [0.717, 1.165) is 44.9 Å². The van der Waals surface area contributed by atoms with E-state index in [9.17, 15) is 35.7 Å². The maximum absolute atomic E-state index is 12.6. The molecule has 2 saturated heterocycles. The number of aliphatic hydroxyl groups is 7. The Bertz CT molecular complexity index is 1120. The summed E-state index contributed by atoms with van der Waals surface area (Å²) in [5.74, 6) is 0.360. The largest absolute Gasteiger partial charge is 0.394 e. The summed E-state index contributed by atoms with van der Waals surface area (Å²) in [5.41, 5.74) is -0.0797. The topological polar surface area (TPSA) is 188 Å². The molecule has 5 fully saturated rings. The van der Waals surface area contributed by atoms with Crippen LogP contribution in [0.5, 0.6) is 0 Å². The second kappa shape index (κ2) is 12.9. The molecule has 264 valence electrons. The number of aliphatic hydroxyl groups excluding tert-OH is 6. The van der Waals surface area contributed by atoms with Crippen molar-refractivity contribution in [3.05, 3.63) is 11.6 Å². The van der Waals surface area contributed by atoms with Crippen molar-refractivity contribution in [2.45, 2.75) is 158 Å². The molecule has 0 amide bonds. The van der Waals surface area contributed by atoms with Gasteiger partial charge in [0, 0.05) is 12.5 Å². The Hall–Kier alpha value is -0.740. The van der Waals surface area contributed by atoms with Gasteiger partial charge in [0.1, 0.15) is 42.7 Å². The number of fused-ring (bicyclic) bond motifs is 5. The van der Waals surface area contributed by atoms with Crippen molar-refractivity contribution in [3.8, 4) is 0 Å². The first-order valence-electron chi connectivity index (χ1n) is 17.3. The minimum Gasteiger partial charge on any atom is -0.394 e. The van der Waals surface area contributed by atoms with Gasteiger partial charge in [-0.25, -0.2) is 0 Å². The average Bonchev–Trinajstić information content (AvgIpc) is 3.31. The van der Waals surface area contributed by atoms with Crippen molar-refractivity contribution in [1.82, 2.24) is 0 Å². The molecule has 0 spiro atoms. The van der Waals surface area contributed by atoms with E-state index in [1.807, 2.05) is 6.92 Å². The lowest BCUT2D eigenvalue weighted by molar-refractivity contribution is -0.317. The number of ether oxygens (including phenoxy) is 5. The minimum atomic E-state index is -1.50. The number of hydrogen-bond donors (Lipinski definition) is 7. The van der Waals surface area contributed by atoms with E-state index in [1.165, 1.54) is 12.7 Å². The molecule has 18 atom stereocenters. The molecule has 12 nitrogen and oxygen atoms in total. The Morgan fingerprint density at radius 1 is 0.891 bits per heavy atom. The predicted octanol–water partition coefficient (Wildman–Crippen LogP) is 0.752. The summed E-state index contributed by atoms with van der Waals surface area (Å²) < 4.78 is 29.4. The molecule has 0 aromatic heterocycles. The Kier molecular flexibility index (Phi) is 9.81. The molecule has 0 aromatic carbocycles. The van der Waals surface area contributed by atoms with Gasteiger partial charge < -0.3 is 59.4 Å². The SMILES string of the molecule is CO[C@H]1[C@@H](O)[C@@H](C)O[C@@H](O[C@H]2CC[C@@]3(C)C(=CC[C@@H]4[C@@H]3CC[C@]3(C)[C@@H](C(C)O[C@@H]5O[C@H](CO)[C@@H](O)[C@H](O)[C@H]5O)CC[C@]43O)C2)[C@@H]1O. The maximum Gasteiger partial charge on any atom is 0.186 e. The standard InChI is InChI=1S/C34H56O12/c1-16(43-30-27(39)26(38)25(37)23(15-35)46-30)20-10-13-34(41)22-7-6-18-14-19(8-11-32(18,3)21(22)9-12-33(20,34)4)45-31-28(40)29(42-5)24(36)17(2)44-31/h6,16-17,19-31,35-41H,7-15H2,1-5H3/t16?,17-,19+,20-,21+,22-,23-,24+,25-,26+,27-,28-,29+,30-,31+,32+,33-,34+/m1/s1. The zero-order valence-corrected chi connectivity index (χ0v) is 27.8. The van der Waals surface area contributed by atoms with Gasteiger partial charge in [-0.1, -0.05) is 25.5 Å². The van der Waals surface area contributed by atoms with E-state index >= 15 is 0 Å². The number of allylic oxidation sites excluding steroid dienone is 1. The van der Waals surface area contributed by atoms with E-state index in [1.54, 1.807) is 6.92 Å². The van der Waals surface area contributed by atoms with Crippen LogP contribution in [0.25, 0.3) is 0 Å². The summed E-state index contributed by atoms with van der Waals surface area (Å²) in [6.45, 7) is 7.65. The second-order valence-corrected chi connectivity index (χ2v) is 15.6. The summed E-state index contributed by atoms with van der Waals surface area (Å²) >= 11 is 0. The van der Waals surface area contributed by atoms with Crippen LogP contribution in [0.3, 0.4) is 0 Å². The van der Waals surface area contributed by atoms with Crippen LogP contribution in [0.2, 0.25) is 0 Å². The van der Waals surface area contributed by atoms with E-state index in [0.29, 0.717) is 12.3 Å². The van der Waals surface area contributed by atoms with E-state index in [4.69, 9.17) is 23.7 Å². The lowest BCUT2D eigenvalue weighted by Gasteiger charge is -2.61. The first-order valence-corrected chi connectivity index (χ1v) is 17.3.